The molecule has 5 heteroatoms. The molecule has 1 aromatic rings. The summed E-state index contributed by atoms with van der Waals surface area (Å²) in [5, 5.41) is 12.9. The SMILES string of the molecule is C=CCc1ccccc1OCC(O)CNC(C)C.Cl.O. The third kappa shape index (κ3) is 8.17. The summed E-state index contributed by atoms with van der Waals surface area (Å²) in [6.45, 7) is 8.67. The molecule has 1 aromatic carbocycles. The predicted octanol–water partition coefficient (Wildman–Crippen LogP) is 1.75. The molecule has 0 bridgehead atoms. The van der Waals surface area contributed by atoms with E-state index in [1.807, 2.05) is 44.2 Å². The first-order valence-corrected chi connectivity index (χ1v) is 6.36. The standard InChI is InChI=1S/C15H23NO2.ClH.H2O/c1-4-7-13-8-5-6-9-15(13)18-11-14(17)10-16-12(2)3;;/h4-6,8-9,12,14,16-17H,1,7,10-11H2,2-3H3;1H;1H2. The van der Waals surface area contributed by atoms with Gasteiger partial charge in [-0.1, -0.05) is 38.1 Å². The molecule has 4 nitrogen and oxygen atoms in total. The summed E-state index contributed by atoms with van der Waals surface area (Å²) in [4.78, 5) is 0. The minimum atomic E-state index is -0.496. The van der Waals surface area contributed by atoms with Crippen LogP contribution in [0.4, 0.5) is 0 Å². The average molecular weight is 304 g/mol. The van der Waals surface area contributed by atoms with E-state index in [-0.39, 0.29) is 17.9 Å². The summed E-state index contributed by atoms with van der Waals surface area (Å²) in [6.07, 6.45) is 2.12. The highest BCUT2D eigenvalue weighted by molar-refractivity contribution is 5.85. The molecule has 0 spiro atoms. The number of hydrogen-bond acceptors (Lipinski definition) is 3. The van der Waals surface area contributed by atoms with Crippen LogP contribution < -0.4 is 10.1 Å². The van der Waals surface area contributed by atoms with Gasteiger partial charge < -0.3 is 20.6 Å². The maximum absolute atomic E-state index is 9.77. The van der Waals surface area contributed by atoms with Gasteiger partial charge >= 0.3 is 0 Å². The molecule has 0 heterocycles. The molecular formula is C15H26ClNO3. The Labute approximate surface area is 127 Å². The van der Waals surface area contributed by atoms with Crippen molar-refractivity contribution in [2.24, 2.45) is 0 Å². The van der Waals surface area contributed by atoms with Crippen molar-refractivity contribution < 1.29 is 15.3 Å². The fourth-order valence-electron chi connectivity index (χ4n) is 1.59. The molecule has 20 heavy (non-hydrogen) atoms. The molecule has 1 rings (SSSR count). The number of ether oxygens (including phenoxy) is 1. The smallest absolute Gasteiger partial charge is 0.122 e. The third-order valence-corrected chi connectivity index (χ3v) is 2.53. The van der Waals surface area contributed by atoms with Crippen LogP contribution >= 0.6 is 12.4 Å². The first-order valence-electron chi connectivity index (χ1n) is 6.36. The van der Waals surface area contributed by atoms with Crippen molar-refractivity contribution in [3.8, 4) is 5.75 Å². The number of aliphatic hydroxyl groups excluding tert-OH is 1. The van der Waals surface area contributed by atoms with Crippen molar-refractivity contribution in [3.05, 3.63) is 42.5 Å². The maximum atomic E-state index is 9.77. The van der Waals surface area contributed by atoms with Gasteiger partial charge in [-0.05, 0) is 18.1 Å². The van der Waals surface area contributed by atoms with E-state index < -0.39 is 6.10 Å². The van der Waals surface area contributed by atoms with Gasteiger partial charge in [0, 0.05) is 12.6 Å². The Bertz CT molecular complexity index is 372. The van der Waals surface area contributed by atoms with E-state index in [9.17, 15) is 5.11 Å². The molecule has 0 aliphatic heterocycles. The molecule has 0 amide bonds. The topological polar surface area (TPSA) is 73.0 Å². The molecule has 116 valence electrons. The summed E-state index contributed by atoms with van der Waals surface area (Å²) in [5.74, 6) is 0.820. The lowest BCUT2D eigenvalue weighted by Crippen LogP contribution is -2.35. The molecule has 1 unspecified atom stereocenters. The number of rotatable bonds is 8. The highest BCUT2D eigenvalue weighted by Gasteiger charge is 2.07. The van der Waals surface area contributed by atoms with E-state index in [0.29, 0.717) is 19.2 Å². The van der Waals surface area contributed by atoms with E-state index in [1.54, 1.807) is 0 Å². The summed E-state index contributed by atoms with van der Waals surface area (Å²) in [7, 11) is 0. The zero-order chi connectivity index (χ0) is 13.4. The molecule has 0 aliphatic carbocycles. The van der Waals surface area contributed by atoms with E-state index in [4.69, 9.17) is 4.74 Å². The highest BCUT2D eigenvalue weighted by atomic mass is 35.5. The Kier molecular flexibility index (Phi) is 12.5. The molecule has 0 aromatic heterocycles. The lowest BCUT2D eigenvalue weighted by molar-refractivity contribution is 0.104. The van der Waals surface area contributed by atoms with Crippen molar-refractivity contribution in [1.29, 1.82) is 0 Å². The Morgan fingerprint density at radius 1 is 1.35 bits per heavy atom. The molecule has 0 saturated carbocycles. The second-order valence-corrected chi connectivity index (χ2v) is 4.63. The summed E-state index contributed by atoms with van der Waals surface area (Å²) < 4.78 is 5.65. The van der Waals surface area contributed by atoms with Crippen molar-refractivity contribution in [2.45, 2.75) is 32.4 Å². The quantitative estimate of drug-likeness (QED) is 0.719. The average Bonchev–Trinajstić information content (AvgIpc) is 2.35. The zero-order valence-corrected chi connectivity index (χ0v) is 13.0. The molecule has 0 radical (unpaired) electrons. The molecule has 1 atom stereocenters. The number of para-hydroxylation sites is 1. The van der Waals surface area contributed by atoms with Gasteiger partial charge in [0.25, 0.3) is 0 Å². The summed E-state index contributed by atoms with van der Waals surface area (Å²) >= 11 is 0. The summed E-state index contributed by atoms with van der Waals surface area (Å²) in [6, 6.07) is 8.20. The highest BCUT2D eigenvalue weighted by Crippen LogP contribution is 2.18. The van der Waals surface area contributed by atoms with Crippen LogP contribution in [0.3, 0.4) is 0 Å². The first kappa shape index (κ1) is 21.2. The van der Waals surface area contributed by atoms with Gasteiger partial charge in [0.05, 0.1) is 0 Å². The summed E-state index contributed by atoms with van der Waals surface area (Å²) in [5.41, 5.74) is 1.09. The normalized spacial score (nSPS) is 11.2. The van der Waals surface area contributed by atoms with Crippen LogP contribution in [0.2, 0.25) is 0 Å². The zero-order valence-electron chi connectivity index (χ0n) is 12.1. The fourth-order valence-corrected chi connectivity index (χ4v) is 1.59. The number of benzene rings is 1. The molecule has 0 saturated heterocycles. The number of nitrogens with one attached hydrogen (secondary N) is 1. The lowest BCUT2D eigenvalue weighted by Gasteiger charge is -2.16. The third-order valence-electron chi connectivity index (χ3n) is 2.53. The van der Waals surface area contributed by atoms with Crippen LogP contribution in [0.25, 0.3) is 0 Å². The van der Waals surface area contributed by atoms with Gasteiger partial charge in [-0.15, -0.1) is 19.0 Å². The number of halogens is 1. The van der Waals surface area contributed by atoms with Crippen LogP contribution in [-0.4, -0.2) is 35.9 Å². The van der Waals surface area contributed by atoms with Gasteiger partial charge in [-0.3, -0.25) is 0 Å². The Hall–Kier alpha value is -1.07. The van der Waals surface area contributed by atoms with Crippen LogP contribution in [0, 0.1) is 0 Å². The second kappa shape index (κ2) is 11.7. The Morgan fingerprint density at radius 3 is 2.60 bits per heavy atom. The second-order valence-electron chi connectivity index (χ2n) is 4.63. The number of hydrogen-bond donors (Lipinski definition) is 2. The Morgan fingerprint density at radius 2 is 2.00 bits per heavy atom. The predicted molar refractivity (Wildman–Crippen MR) is 85.8 cm³/mol. The van der Waals surface area contributed by atoms with Gasteiger partial charge in [-0.25, -0.2) is 0 Å². The van der Waals surface area contributed by atoms with Gasteiger partial charge in [0.2, 0.25) is 0 Å². The minimum absolute atomic E-state index is 0. The Balaban J connectivity index is 0. The van der Waals surface area contributed by atoms with Crippen molar-refractivity contribution in [2.75, 3.05) is 13.2 Å². The van der Waals surface area contributed by atoms with Crippen molar-refractivity contribution in [1.82, 2.24) is 5.32 Å². The van der Waals surface area contributed by atoms with Crippen LogP contribution in [0.5, 0.6) is 5.75 Å². The molecule has 4 N–H and O–H groups in total. The van der Waals surface area contributed by atoms with E-state index in [1.165, 1.54) is 0 Å². The number of aliphatic hydroxyl groups is 1. The molecular weight excluding hydrogens is 278 g/mol. The first-order chi connectivity index (χ1) is 8.63. The largest absolute Gasteiger partial charge is 0.491 e. The number of allylic oxidation sites excluding steroid dienone is 1. The van der Waals surface area contributed by atoms with Gasteiger partial charge in [-0.2, -0.15) is 0 Å². The van der Waals surface area contributed by atoms with Gasteiger partial charge in [0.1, 0.15) is 18.5 Å². The minimum Gasteiger partial charge on any atom is -0.491 e. The van der Waals surface area contributed by atoms with Crippen LogP contribution in [0.15, 0.2) is 36.9 Å². The van der Waals surface area contributed by atoms with Crippen LogP contribution in [-0.2, 0) is 6.42 Å². The van der Waals surface area contributed by atoms with E-state index in [0.717, 1.165) is 17.7 Å². The van der Waals surface area contributed by atoms with E-state index >= 15 is 0 Å². The van der Waals surface area contributed by atoms with Gasteiger partial charge in [0.15, 0.2) is 0 Å². The molecule has 0 fully saturated rings. The lowest BCUT2D eigenvalue weighted by atomic mass is 10.1. The maximum Gasteiger partial charge on any atom is 0.122 e. The molecule has 0 aliphatic rings. The van der Waals surface area contributed by atoms with Crippen LogP contribution in [0.1, 0.15) is 19.4 Å². The van der Waals surface area contributed by atoms with Crippen molar-refractivity contribution >= 4 is 12.4 Å². The monoisotopic (exact) mass is 303 g/mol. The van der Waals surface area contributed by atoms with Crippen molar-refractivity contribution in [3.63, 3.8) is 0 Å². The fraction of sp³-hybridized carbons (Fsp3) is 0.467. The van der Waals surface area contributed by atoms with E-state index in [2.05, 4.69) is 11.9 Å².